The number of azide groups is 1. The van der Waals surface area contributed by atoms with Crippen LogP contribution < -0.4 is 0 Å². The highest BCUT2D eigenvalue weighted by atomic mass is 127. The number of ether oxygens (including phenoxy) is 1. The molecule has 8 heteroatoms. The summed E-state index contributed by atoms with van der Waals surface area (Å²) in [6, 6.07) is 19.9. The molecule has 2 unspecified atom stereocenters. The number of hydrogen-bond acceptors (Lipinski definition) is 3. The third kappa shape index (κ3) is 6.32. The van der Waals surface area contributed by atoms with Crippen LogP contribution in [0.5, 0.6) is 0 Å². The van der Waals surface area contributed by atoms with Crippen molar-refractivity contribution >= 4 is 28.3 Å². The molecule has 37 heavy (non-hydrogen) atoms. The highest BCUT2D eigenvalue weighted by Crippen LogP contribution is 2.40. The number of benzene rings is 3. The van der Waals surface area contributed by atoms with E-state index < -0.39 is 0 Å². The van der Waals surface area contributed by atoms with Crippen molar-refractivity contribution in [2.24, 2.45) is 5.11 Å². The topological polar surface area (TPSA) is 61.2 Å². The summed E-state index contributed by atoms with van der Waals surface area (Å²) >= 11 is 2.22. The molecule has 0 spiro atoms. The van der Waals surface area contributed by atoms with Gasteiger partial charge in [0.1, 0.15) is 17.7 Å². The molecular weight excluding hydrogens is 585 g/mol. The number of aryl methyl sites for hydroxylation is 1. The number of halogens is 3. The smallest absolute Gasteiger partial charge is 0.123 e. The zero-order valence-electron chi connectivity index (χ0n) is 20.4. The fourth-order valence-electron chi connectivity index (χ4n) is 5.82. The Hall–Kier alpha value is -2.52. The second kappa shape index (κ2) is 11.9. The summed E-state index contributed by atoms with van der Waals surface area (Å²) in [6.45, 7) is 1.05. The van der Waals surface area contributed by atoms with Crippen LogP contribution in [0.15, 0.2) is 71.8 Å². The van der Waals surface area contributed by atoms with Gasteiger partial charge in [0.2, 0.25) is 0 Å². The summed E-state index contributed by atoms with van der Waals surface area (Å²) in [6.07, 6.45) is 6.10. The average molecular weight is 614 g/mol. The van der Waals surface area contributed by atoms with Crippen molar-refractivity contribution in [3.8, 4) is 0 Å². The summed E-state index contributed by atoms with van der Waals surface area (Å²) in [5.74, 6) is -0.566. The van der Waals surface area contributed by atoms with Gasteiger partial charge in [-0.25, -0.2) is 8.78 Å². The lowest BCUT2D eigenvalue weighted by atomic mass is 9.96. The second-order valence-electron chi connectivity index (χ2n) is 9.91. The molecule has 0 amide bonds. The van der Waals surface area contributed by atoms with E-state index in [1.807, 2.05) is 12.1 Å². The molecule has 0 aromatic heterocycles. The highest BCUT2D eigenvalue weighted by Gasteiger charge is 2.41. The van der Waals surface area contributed by atoms with Crippen molar-refractivity contribution in [1.29, 1.82) is 0 Å². The SMILES string of the molecule is [N-]=[N+]=Nc1ccc(CCCN2C3CCC2CC(OC(c2ccc(F)cc2)c2ccc(F)cc2)C3)cc1I. The predicted octanol–water partition coefficient (Wildman–Crippen LogP) is 8.25. The average Bonchev–Trinajstić information content (AvgIpc) is 3.12. The molecule has 0 radical (unpaired) electrons. The molecule has 192 valence electrons. The van der Waals surface area contributed by atoms with Crippen molar-refractivity contribution in [3.05, 3.63) is 109 Å². The van der Waals surface area contributed by atoms with Gasteiger partial charge in [-0.05, 0) is 120 Å². The van der Waals surface area contributed by atoms with Gasteiger partial charge in [-0.1, -0.05) is 41.5 Å². The summed E-state index contributed by atoms with van der Waals surface area (Å²) in [7, 11) is 0. The Labute approximate surface area is 229 Å². The van der Waals surface area contributed by atoms with Crippen molar-refractivity contribution in [3.63, 3.8) is 0 Å². The number of rotatable bonds is 9. The van der Waals surface area contributed by atoms with Crippen LogP contribution in [0, 0.1) is 15.2 Å². The normalized spacial score (nSPS) is 21.2. The lowest BCUT2D eigenvalue weighted by molar-refractivity contribution is -0.0483. The molecule has 3 aromatic carbocycles. The monoisotopic (exact) mass is 614 g/mol. The summed E-state index contributed by atoms with van der Waals surface area (Å²) in [5.41, 5.74) is 12.4. The van der Waals surface area contributed by atoms with E-state index in [1.165, 1.54) is 42.7 Å². The molecule has 2 fully saturated rings. The maximum Gasteiger partial charge on any atom is 0.123 e. The molecule has 5 nitrogen and oxygen atoms in total. The van der Waals surface area contributed by atoms with Crippen LogP contribution in [0.4, 0.5) is 14.5 Å². The molecule has 2 saturated heterocycles. The molecule has 2 bridgehead atoms. The summed E-state index contributed by atoms with van der Waals surface area (Å²) in [4.78, 5) is 5.54. The fraction of sp³-hybridized carbons (Fsp3) is 0.379. The molecule has 5 rings (SSSR count). The molecule has 2 atom stereocenters. The number of hydrogen-bond donors (Lipinski definition) is 0. The quantitative estimate of drug-likeness (QED) is 0.106. The standard InChI is InChI=1S/C29H29F2IN4O/c30-22-8-4-20(5-9-22)29(21-6-10-23(31)11-7-21)37-26-17-24-12-13-25(18-26)36(24)15-1-2-19-3-14-28(34-35-33)27(32)16-19/h3-11,14,16,24-26,29H,1-2,12-13,15,17-18H2. The van der Waals surface area contributed by atoms with Gasteiger partial charge in [-0.2, -0.15) is 0 Å². The third-order valence-electron chi connectivity index (χ3n) is 7.56. The van der Waals surface area contributed by atoms with E-state index in [1.54, 1.807) is 24.3 Å². The van der Waals surface area contributed by atoms with Crippen LogP contribution in [0.2, 0.25) is 0 Å². The number of nitrogens with zero attached hydrogens (tertiary/aromatic N) is 4. The lowest BCUT2D eigenvalue weighted by Crippen LogP contribution is -2.46. The first-order valence-electron chi connectivity index (χ1n) is 12.8. The van der Waals surface area contributed by atoms with Gasteiger partial charge in [0.15, 0.2) is 0 Å². The number of piperidine rings is 1. The Bertz CT molecular complexity index is 1200. The first kappa shape index (κ1) is 26.1. The van der Waals surface area contributed by atoms with Crippen LogP contribution in [0.25, 0.3) is 10.4 Å². The summed E-state index contributed by atoms with van der Waals surface area (Å²) in [5, 5.41) is 3.72. The first-order chi connectivity index (χ1) is 18.0. The number of fused-ring (bicyclic) bond motifs is 2. The largest absolute Gasteiger partial charge is 0.365 e. The van der Waals surface area contributed by atoms with Gasteiger partial charge in [-0.15, -0.1) is 0 Å². The zero-order valence-corrected chi connectivity index (χ0v) is 22.6. The van der Waals surface area contributed by atoms with Crippen molar-refractivity contribution in [1.82, 2.24) is 4.90 Å². The predicted molar refractivity (Wildman–Crippen MR) is 149 cm³/mol. The van der Waals surface area contributed by atoms with Gasteiger partial charge in [0.05, 0.1) is 11.8 Å². The Balaban J connectivity index is 1.21. The van der Waals surface area contributed by atoms with E-state index >= 15 is 0 Å². The molecule has 0 aliphatic carbocycles. The molecule has 2 aliphatic rings. The lowest BCUT2D eigenvalue weighted by Gasteiger charge is -2.40. The van der Waals surface area contributed by atoms with Crippen molar-refractivity contribution < 1.29 is 13.5 Å². The molecule has 0 saturated carbocycles. The van der Waals surface area contributed by atoms with Crippen molar-refractivity contribution in [2.45, 2.75) is 62.8 Å². The Morgan fingerprint density at radius 1 is 0.946 bits per heavy atom. The van der Waals surface area contributed by atoms with Gasteiger partial charge in [0.25, 0.3) is 0 Å². The Morgan fingerprint density at radius 3 is 2.08 bits per heavy atom. The van der Waals surface area contributed by atoms with E-state index in [-0.39, 0.29) is 23.8 Å². The van der Waals surface area contributed by atoms with Crippen LogP contribution in [0.1, 0.15) is 54.9 Å². The van der Waals surface area contributed by atoms with Gasteiger partial charge in [0, 0.05) is 20.6 Å². The molecule has 2 heterocycles. The molecular formula is C29H29F2IN4O. The van der Waals surface area contributed by atoms with Crippen LogP contribution in [-0.2, 0) is 11.2 Å². The van der Waals surface area contributed by atoms with Gasteiger partial charge >= 0.3 is 0 Å². The van der Waals surface area contributed by atoms with E-state index in [0.717, 1.165) is 46.9 Å². The Kier molecular flexibility index (Phi) is 8.39. The minimum Gasteiger partial charge on any atom is -0.365 e. The first-order valence-corrected chi connectivity index (χ1v) is 13.8. The Morgan fingerprint density at radius 2 is 1.54 bits per heavy atom. The second-order valence-corrected chi connectivity index (χ2v) is 11.1. The van der Waals surface area contributed by atoms with Crippen LogP contribution in [0.3, 0.4) is 0 Å². The molecule has 0 N–H and O–H groups in total. The maximum atomic E-state index is 13.6. The van der Waals surface area contributed by atoms with E-state index in [9.17, 15) is 8.78 Å². The van der Waals surface area contributed by atoms with E-state index in [0.29, 0.717) is 17.8 Å². The van der Waals surface area contributed by atoms with Gasteiger partial charge < -0.3 is 4.74 Å². The highest BCUT2D eigenvalue weighted by molar-refractivity contribution is 14.1. The fourth-order valence-corrected chi connectivity index (χ4v) is 6.51. The zero-order chi connectivity index (χ0) is 25.8. The minimum absolute atomic E-state index is 0.101. The van der Waals surface area contributed by atoms with Crippen LogP contribution in [-0.4, -0.2) is 29.6 Å². The third-order valence-corrected chi connectivity index (χ3v) is 8.43. The summed E-state index contributed by atoms with van der Waals surface area (Å²) < 4.78 is 34.8. The van der Waals surface area contributed by atoms with E-state index in [4.69, 9.17) is 10.3 Å². The van der Waals surface area contributed by atoms with Crippen molar-refractivity contribution in [2.75, 3.05) is 6.54 Å². The van der Waals surface area contributed by atoms with Gasteiger partial charge in [-0.3, -0.25) is 4.90 Å². The minimum atomic E-state index is -0.354. The van der Waals surface area contributed by atoms with Crippen LogP contribution >= 0.6 is 22.6 Å². The van der Waals surface area contributed by atoms with E-state index in [2.05, 4.69) is 43.6 Å². The maximum absolute atomic E-state index is 13.6. The molecule has 3 aromatic rings. The molecule has 2 aliphatic heterocycles.